The Kier molecular flexibility index (Phi) is 3.27. The predicted octanol–water partition coefficient (Wildman–Crippen LogP) is 1.56. The van der Waals surface area contributed by atoms with E-state index in [0.717, 1.165) is 17.0 Å². The summed E-state index contributed by atoms with van der Waals surface area (Å²) >= 11 is 0. The zero-order valence-corrected chi connectivity index (χ0v) is 10.1. The third-order valence-electron chi connectivity index (χ3n) is 2.67. The minimum atomic E-state index is 0.473. The first kappa shape index (κ1) is 11.4. The summed E-state index contributed by atoms with van der Waals surface area (Å²) < 4.78 is 7.42. The molecule has 1 heterocycles. The maximum atomic E-state index is 5.68. The van der Waals surface area contributed by atoms with E-state index in [4.69, 9.17) is 10.5 Å². The molecule has 5 nitrogen and oxygen atoms in total. The fraction of sp³-hybridized carbons (Fsp3) is 0.333. The monoisotopic (exact) mass is 232 g/mol. The predicted molar refractivity (Wildman–Crippen MR) is 65.8 cm³/mol. The number of aromatic nitrogens is 3. The van der Waals surface area contributed by atoms with Crippen molar-refractivity contribution in [2.24, 2.45) is 0 Å². The van der Waals surface area contributed by atoms with Crippen LogP contribution in [-0.2, 0) is 6.54 Å². The standard InChI is InChI=1S/C12H16N4O/c1-9-5-3-4-6-11(9)17-8-7-16-10(2)12(13)14-15-16/h3-6H,7-8,13H2,1-2H3. The number of nitrogens with two attached hydrogens (primary N) is 1. The number of aryl methyl sites for hydroxylation is 1. The van der Waals surface area contributed by atoms with Crippen LogP contribution in [0.15, 0.2) is 24.3 Å². The summed E-state index contributed by atoms with van der Waals surface area (Å²) in [6, 6.07) is 7.93. The van der Waals surface area contributed by atoms with Crippen LogP contribution < -0.4 is 10.5 Å². The van der Waals surface area contributed by atoms with Crippen molar-refractivity contribution in [2.45, 2.75) is 20.4 Å². The Morgan fingerprint density at radius 2 is 2.06 bits per heavy atom. The number of hydrogen-bond acceptors (Lipinski definition) is 4. The van der Waals surface area contributed by atoms with Crippen LogP contribution in [0.1, 0.15) is 11.3 Å². The van der Waals surface area contributed by atoms with E-state index in [1.807, 2.05) is 38.1 Å². The Bertz CT molecular complexity index is 507. The number of benzene rings is 1. The molecule has 0 aliphatic heterocycles. The van der Waals surface area contributed by atoms with E-state index in [2.05, 4.69) is 10.3 Å². The lowest BCUT2D eigenvalue weighted by atomic mass is 10.2. The maximum Gasteiger partial charge on any atom is 0.168 e. The van der Waals surface area contributed by atoms with Gasteiger partial charge in [-0.15, -0.1) is 5.10 Å². The average molecular weight is 232 g/mol. The highest BCUT2D eigenvalue weighted by Crippen LogP contribution is 2.16. The van der Waals surface area contributed by atoms with Crippen LogP contribution in [0.2, 0.25) is 0 Å². The van der Waals surface area contributed by atoms with Crippen molar-refractivity contribution >= 4 is 5.82 Å². The van der Waals surface area contributed by atoms with Crippen LogP contribution in [0, 0.1) is 13.8 Å². The largest absolute Gasteiger partial charge is 0.491 e. The zero-order chi connectivity index (χ0) is 12.3. The van der Waals surface area contributed by atoms with Gasteiger partial charge in [0, 0.05) is 0 Å². The molecule has 90 valence electrons. The van der Waals surface area contributed by atoms with Gasteiger partial charge >= 0.3 is 0 Å². The fourth-order valence-electron chi connectivity index (χ4n) is 1.55. The van der Waals surface area contributed by atoms with Crippen molar-refractivity contribution in [2.75, 3.05) is 12.3 Å². The highest BCUT2D eigenvalue weighted by atomic mass is 16.5. The Balaban J connectivity index is 1.92. The summed E-state index contributed by atoms with van der Waals surface area (Å²) in [5.74, 6) is 1.37. The molecule has 0 bridgehead atoms. The number of nitrogens with zero attached hydrogens (tertiary/aromatic N) is 3. The highest BCUT2D eigenvalue weighted by Gasteiger charge is 2.04. The Morgan fingerprint density at radius 1 is 1.29 bits per heavy atom. The molecule has 0 aliphatic carbocycles. The van der Waals surface area contributed by atoms with E-state index in [1.54, 1.807) is 4.68 Å². The van der Waals surface area contributed by atoms with E-state index < -0.39 is 0 Å². The molecule has 0 spiro atoms. The first-order valence-electron chi connectivity index (χ1n) is 5.52. The molecule has 5 heteroatoms. The van der Waals surface area contributed by atoms with Crippen molar-refractivity contribution in [1.82, 2.24) is 15.0 Å². The van der Waals surface area contributed by atoms with Crippen LogP contribution in [0.3, 0.4) is 0 Å². The summed E-state index contributed by atoms with van der Waals surface area (Å²) in [6.07, 6.45) is 0. The maximum absolute atomic E-state index is 5.68. The first-order chi connectivity index (χ1) is 8.18. The summed E-state index contributed by atoms with van der Waals surface area (Å²) in [6.45, 7) is 5.11. The van der Waals surface area contributed by atoms with Crippen LogP contribution in [0.4, 0.5) is 5.82 Å². The molecule has 0 unspecified atom stereocenters. The summed E-state index contributed by atoms with van der Waals surface area (Å²) in [7, 11) is 0. The average Bonchev–Trinajstić information content (AvgIpc) is 2.63. The zero-order valence-electron chi connectivity index (χ0n) is 10.1. The van der Waals surface area contributed by atoms with Gasteiger partial charge in [-0.05, 0) is 25.5 Å². The van der Waals surface area contributed by atoms with Crippen molar-refractivity contribution in [1.29, 1.82) is 0 Å². The molecule has 0 fully saturated rings. The number of rotatable bonds is 4. The molecule has 2 rings (SSSR count). The van der Waals surface area contributed by atoms with Crippen LogP contribution >= 0.6 is 0 Å². The van der Waals surface area contributed by atoms with Crippen LogP contribution in [0.5, 0.6) is 5.75 Å². The summed E-state index contributed by atoms with van der Waals surface area (Å²) in [4.78, 5) is 0. The van der Waals surface area contributed by atoms with E-state index in [0.29, 0.717) is 19.0 Å². The number of ether oxygens (including phenoxy) is 1. The second-order valence-corrected chi connectivity index (χ2v) is 3.90. The molecule has 0 aliphatic rings. The van der Waals surface area contributed by atoms with E-state index in [1.165, 1.54) is 0 Å². The topological polar surface area (TPSA) is 66.0 Å². The third-order valence-corrected chi connectivity index (χ3v) is 2.67. The van der Waals surface area contributed by atoms with Crippen molar-refractivity contribution < 1.29 is 4.74 Å². The van der Waals surface area contributed by atoms with Gasteiger partial charge in [-0.3, -0.25) is 0 Å². The second kappa shape index (κ2) is 4.86. The third kappa shape index (κ3) is 2.55. The van der Waals surface area contributed by atoms with Gasteiger partial charge in [0.05, 0.1) is 12.2 Å². The van der Waals surface area contributed by atoms with Gasteiger partial charge in [-0.25, -0.2) is 4.68 Å². The lowest BCUT2D eigenvalue weighted by Crippen LogP contribution is -2.11. The molecule has 0 amide bonds. The molecule has 0 saturated carbocycles. The minimum Gasteiger partial charge on any atom is -0.491 e. The number of anilines is 1. The second-order valence-electron chi connectivity index (χ2n) is 3.90. The number of nitrogen functional groups attached to an aromatic ring is 1. The van der Waals surface area contributed by atoms with Gasteiger partial charge < -0.3 is 10.5 Å². The van der Waals surface area contributed by atoms with Crippen LogP contribution in [-0.4, -0.2) is 21.6 Å². The Morgan fingerprint density at radius 3 is 2.71 bits per heavy atom. The molecule has 0 atom stereocenters. The fourth-order valence-corrected chi connectivity index (χ4v) is 1.55. The Labute approximate surface area is 100 Å². The lowest BCUT2D eigenvalue weighted by Gasteiger charge is -2.09. The molecule has 0 radical (unpaired) electrons. The van der Waals surface area contributed by atoms with Crippen molar-refractivity contribution in [3.63, 3.8) is 0 Å². The van der Waals surface area contributed by atoms with Gasteiger partial charge in [0.15, 0.2) is 5.82 Å². The molecule has 17 heavy (non-hydrogen) atoms. The summed E-state index contributed by atoms with van der Waals surface area (Å²) in [5.41, 5.74) is 7.61. The molecule has 2 N–H and O–H groups in total. The smallest absolute Gasteiger partial charge is 0.168 e. The van der Waals surface area contributed by atoms with Gasteiger partial charge in [0.1, 0.15) is 12.4 Å². The van der Waals surface area contributed by atoms with E-state index in [-0.39, 0.29) is 0 Å². The minimum absolute atomic E-state index is 0.473. The SMILES string of the molecule is Cc1ccccc1OCCn1nnc(N)c1C. The van der Waals surface area contributed by atoms with E-state index in [9.17, 15) is 0 Å². The lowest BCUT2D eigenvalue weighted by molar-refractivity contribution is 0.286. The number of hydrogen-bond donors (Lipinski definition) is 1. The highest BCUT2D eigenvalue weighted by molar-refractivity contribution is 5.32. The Hall–Kier alpha value is -2.04. The quantitative estimate of drug-likeness (QED) is 0.868. The van der Waals surface area contributed by atoms with Gasteiger partial charge in [-0.2, -0.15) is 0 Å². The summed E-state index contributed by atoms with van der Waals surface area (Å²) in [5, 5.41) is 7.73. The molecule has 1 aromatic heterocycles. The van der Waals surface area contributed by atoms with Crippen molar-refractivity contribution in [3.05, 3.63) is 35.5 Å². The molecule has 0 saturated heterocycles. The van der Waals surface area contributed by atoms with Crippen molar-refractivity contribution in [3.8, 4) is 5.75 Å². The molecular formula is C12H16N4O. The number of para-hydroxylation sites is 1. The normalized spacial score (nSPS) is 10.5. The van der Waals surface area contributed by atoms with E-state index >= 15 is 0 Å². The van der Waals surface area contributed by atoms with Gasteiger partial charge in [0.2, 0.25) is 0 Å². The molecule has 1 aromatic carbocycles. The van der Waals surface area contributed by atoms with Gasteiger partial charge in [0.25, 0.3) is 0 Å². The first-order valence-corrected chi connectivity index (χ1v) is 5.52. The van der Waals surface area contributed by atoms with Gasteiger partial charge in [-0.1, -0.05) is 23.4 Å². The molecular weight excluding hydrogens is 216 g/mol. The van der Waals surface area contributed by atoms with Crippen LogP contribution in [0.25, 0.3) is 0 Å². The molecule has 2 aromatic rings.